The zero-order chi connectivity index (χ0) is 17.0. The number of carbonyl (C=O) groups excluding carboxylic acids is 1. The van der Waals surface area contributed by atoms with Gasteiger partial charge in [0, 0.05) is 37.6 Å². The Morgan fingerprint density at radius 1 is 1.30 bits per heavy atom. The largest absolute Gasteiger partial charge is 0.336 e. The molecule has 6 nitrogen and oxygen atoms in total. The van der Waals surface area contributed by atoms with Gasteiger partial charge in [-0.25, -0.2) is 0 Å². The predicted octanol–water partition coefficient (Wildman–Crippen LogP) is 3.04. The molecule has 126 valence electrons. The number of amides is 1. The van der Waals surface area contributed by atoms with E-state index in [0.29, 0.717) is 18.3 Å². The summed E-state index contributed by atoms with van der Waals surface area (Å²) < 4.78 is 3.84. The van der Waals surface area contributed by atoms with E-state index < -0.39 is 0 Å². The average molecular weight is 317 g/mol. The van der Waals surface area contributed by atoms with Crippen LogP contribution < -0.4 is 0 Å². The molecule has 0 aliphatic heterocycles. The number of aryl methyl sites for hydroxylation is 2. The van der Waals surface area contributed by atoms with Crippen LogP contribution in [0.1, 0.15) is 61.4 Å². The van der Waals surface area contributed by atoms with Crippen molar-refractivity contribution in [2.24, 2.45) is 0 Å². The van der Waals surface area contributed by atoms with Gasteiger partial charge in [0.2, 0.25) is 0 Å². The van der Waals surface area contributed by atoms with Gasteiger partial charge < -0.3 is 4.90 Å². The van der Waals surface area contributed by atoms with E-state index in [-0.39, 0.29) is 5.91 Å². The Kier molecular flexibility index (Phi) is 5.58. The van der Waals surface area contributed by atoms with E-state index in [1.807, 2.05) is 35.5 Å². The van der Waals surface area contributed by atoms with Gasteiger partial charge in [-0.15, -0.1) is 0 Å². The first kappa shape index (κ1) is 17.2. The number of carbonyl (C=O) groups is 1. The summed E-state index contributed by atoms with van der Waals surface area (Å²) in [5.41, 5.74) is 2.58. The second-order valence-corrected chi connectivity index (χ2v) is 5.95. The Hall–Kier alpha value is -2.11. The van der Waals surface area contributed by atoms with Crippen LogP contribution in [0.15, 0.2) is 18.5 Å². The van der Waals surface area contributed by atoms with Crippen LogP contribution in [0, 0.1) is 6.92 Å². The molecule has 0 aliphatic rings. The first-order chi connectivity index (χ1) is 11.0. The number of nitrogens with zero attached hydrogens (tertiary/aromatic N) is 5. The Balaban J connectivity index is 2.11. The summed E-state index contributed by atoms with van der Waals surface area (Å²) in [6.07, 6.45) is 5.80. The zero-order valence-electron chi connectivity index (χ0n) is 14.8. The quantitative estimate of drug-likeness (QED) is 0.788. The average Bonchev–Trinajstić information content (AvgIpc) is 3.15. The fourth-order valence-electron chi connectivity index (χ4n) is 2.80. The lowest BCUT2D eigenvalue weighted by Crippen LogP contribution is -2.26. The molecular weight excluding hydrogens is 290 g/mol. The third-order valence-electron chi connectivity index (χ3n) is 4.21. The fourth-order valence-corrected chi connectivity index (χ4v) is 2.80. The molecule has 2 rings (SSSR count). The number of aromatic nitrogens is 4. The molecule has 0 spiro atoms. The Morgan fingerprint density at radius 3 is 2.57 bits per heavy atom. The van der Waals surface area contributed by atoms with E-state index in [4.69, 9.17) is 0 Å². The van der Waals surface area contributed by atoms with Crippen molar-refractivity contribution in [3.63, 3.8) is 0 Å². The molecule has 1 amide bonds. The maximum Gasteiger partial charge on any atom is 0.274 e. The minimum atomic E-state index is -0.0537. The van der Waals surface area contributed by atoms with Crippen molar-refractivity contribution >= 4 is 5.91 Å². The Labute approximate surface area is 138 Å². The molecule has 0 unspecified atom stereocenters. The third kappa shape index (κ3) is 3.81. The molecular formula is C17H27N5O. The number of hydrogen-bond acceptors (Lipinski definition) is 3. The van der Waals surface area contributed by atoms with Crippen LogP contribution in [0.25, 0.3) is 0 Å². The smallest absolute Gasteiger partial charge is 0.274 e. The summed E-state index contributed by atoms with van der Waals surface area (Å²) in [6.45, 7) is 9.71. The van der Waals surface area contributed by atoms with Crippen molar-refractivity contribution in [1.82, 2.24) is 24.5 Å². The van der Waals surface area contributed by atoms with Crippen molar-refractivity contribution < 1.29 is 4.79 Å². The Bertz CT molecular complexity index is 654. The highest BCUT2D eigenvalue weighted by Gasteiger charge is 2.19. The monoisotopic (exact) mass is 317 g/mol. The zero-order valence-corrected chi connectivity index (χ0v) is 14.8. The van der Waals surface area contributed by atoms with E-state index in [9.17, 15) is 4.79 Å². The molecule has 0 aliphatic carbocycles. The van der Waals surface area contributed by atoms with E-state index >= 15 is 0 Å². The van der Waals surface area contributed by atoms with Crippen molar-refractivity contribution in [3.8, 4) is 0 Å². The van der Waals surface area contributed by atoms with Gasteiger partial charge in [0.05, 0.1) is 12.2 Å². The van der Waals surface area contributed by atoms with Gasteiger partial charge in [-0.05, 0) is 32.8 Å². The van der Waals surface area contributed by atoms with E-state index in [2.05, 4.69) is 24.0 Å². The summed E-state index contributed by atoms with van der Waals surface area (Å²) in [6, 6.07) is 2.23. The molecule has 2 heterocycles. The highest BCUT2D eigenvalue weighted by molar-refractivity contribution is 5.92. The van der Waals surface area contributed by atoms with Crippen molar-refractivity contribution in [2.75, 3.05) is 7.05 Å². The van der Waals surface area contributed by atoms with E-state index in [1.54, 1.807) is 18.1 Å². The van der Waals surface area contributed by atoms with Crippen molar-refractivity contribution in [3.05, 3.63) is 35.4 Å². The van der Waals surface area contributed by atoms with Gasteiger partial charge in [-0.2, -0.15) is 10.2 Å². The van der Waals surface area contributed by atoms with Crippen LogP contribution in [0.4, 0.5) is 0 Å². The fraction of sp³-hybridized carbons (Fsp3) is 0.588. The van der Waals surface area contributed by atoms with Crippen molar-refractivity contribution in [2.45, 2.75) is 59.7 Å². The molecule has 0 radical (unpaired) electrons. The topological polar surface area (TPSA) is 56.0 Å². The lowest BCUT2D eigenvalue weighted by Gasteiger charge is -2.16. The SMILES string of the molecule is CCC(CC)n1nc(C(=O)N(C)Cc2cnn(CC)c2)cc1C. The second kappa shape index (κ2) is 7.44. The van der Waals surface area contributed by atoms with Crippen LogP contribution in [-0.4, -0.2) is 37.4 Å². The van der Waals surface area contributed by atoms with Crippen LogP contribution in [-0.2, 0) is 13.1 Å². The van der Waals surface area contributed by atoms with Crippen LogP contribution in [0.2, 0.25) is 0 Å². The molecule has 6 heteroatoms. The van der Waals surface area contributed by atoms with Crippen molar-refractivity contribution in [1.29, 1.82) is 0 Å². The van der Waals surface area contributed by atoms with Gasteiger partial charge in [-0.3, -0.25) is 14.2 Å². The first-order valence-electron chi connectivity index (χ1n) is 8.33. The van der Waals surface area contributed by atoms with Gasteiger partial charge in [-0.1, -0.05) is 13.8 Å². The maximum absolute atomic E-state index is 12.6. The predicted molar refractivity (Wildman–Crippen MR) is 90.3 cm³/mol. The van der Waals surface area contributed by atoms with Crippen LogP contribution >= 0.6 is 0 Å². The molecule has 0 aromatic carbocycles. The second-order valence-electron chi connectivity index (χ2n) is 5.95. The van der Waals surface area contributed by atoms with Crippen LogP contribution in [0.3, 0.4) is 0 Å². The maximum atomic E-state index is 12.6. The molecule has 0 atom stereocenters. The lowest BCUT2D eigenvalue weighted by molar-refractivity contribution is 0.0778. The Morgan fingerprint density at radius 2 is 2.00 bits per heavy atom. The van der Waals surface area contributed by atoms with Gasteiger partial charge >= 0.3 is 0 Å². The molecule has 23 heavy (non-hydrogen) atoms. The van der Waals surface area contributed by atoms with Gasteiger partial charge in [0.15, 0.2) is 5.69 Å². The summed E-state index contributed by atoms with van der Waals surface area (Å²) in [5.74, 6) is -0.0537. The van der Waals surface area contributed by atoms with Gasteiger partial charge in [0.1, 0.15) is 0 Å². The highest BCUT2D eigenvalue weighted by Crippen LogP contribution is 2.18. The van der Waals surface area contributed by atoms with E-state index in [0.717, 1.165) is 30.6 Å². The molecule has 0 fully saturated rings. The molecule has 2 aromatic heterocycles. The van der Waals surface area contributed by atoms with Crippen LogP contribution in [0.5, 0.6) is 0 Å². The molecule has 0 saturated heterocycles. The minimum absolute atomic E-state index is 0.0537. The van der Waals surface area contributed by atoms with Gasteiger partial charge in [0.25, 0.3) is 5.91 Å². The summed E-state index contributed by atoms with van der Waals surface area (Å²) in [4.78, 5) is 14.3. The highest BCUT2D eigenvalue weighted by atomic mass is 16.2. The van der Waals surface area contributed by atoms with E-state index in [1.165, 1.54) is 0 Å². The normalized spacial score (nSPS) is 11.2. The first-order valence-corrected chi connectivity index (χ1v) is 8.33. The molecule has 0 N–H and O–H groups in total. The minimum Gasteiger partial charge on any atom is -0.336 e. The lowest BCUT2D eigenvalue weighted by atomic mass is 10.2. The molecule has 2 aromatic rings. The number of hydrogen-bond donors (Lipinski definition) is 0. The third-order valence-corrected chi connectivity index (χ3v) is 4.21. The molecule has 0 saturated carbocycles. The molecule has 0 bridgehead atoms. The summed E-state index contributed by atoms with van der Waals surface area (Å²) >= 11 is 0. The number of rotatable bonds is 7. The summed E-state index contributed by atoms with van der Waals surface area (Å²) in [7, 11) is 1.80. The standard InChI is InChI=1S/C17H27N5O/c1-6-15(7-2)22-13(4)9-16(19-22)17(23)20(5)11-14-10-18-21(8-3)12-14/h9-10,12,15H,6-8,11H2,1-5H3. The summed E-state index contributed by atoms with van der Waals surface area (Å²) in [5, 5.41) is 8.78.